The number of nitrogens with one attached hydrogen (secondary N) is 2. The summed E-state index contributed by atoms with van der Waals surface area (Å²) in [5, 5.41) is 6.12. The van der Waals surface area contributed by atoms with Gasteiger partial charge in [-0.3, -0.25) is 5.32 Å². The van der Waals surface area contributed by atoms with E-state index in [1.165, 1.54) is 18.4 Å². The van der Waals surface area contributed by atoms with Gasteiger partial charge in [-0.15, -0.1) is 0 Å². The van der Waals surface area contributed by atoms with Crippen molar-refractivity contribution in [3.63, 3.8) is 0 Å². The van der Waals surface area contributed by atoms with Gasteiger partial charge in [0.25, 0.3) is 0 Å². The Morgan fingerprint density at radius 3 is 2.50 bits per heavy atom. The van der Waals surface area contributed by atoms with Crippen molar-refractivity contribution in [1.82, 2.24) is 5.32 Å². The normalized spacial score (nSPS) is 16.0. The van der Waals surface area contributed by atoms with Crippen LogP contribution in [-0.4, -0.2) is 31.4 Å². The summed E-state index contributed by atoms with van der Waals surface area (Å²) >= 11 is 0. The Kier molecular flexibility index (Phi) is 4.66. The number of carbonyl (C=O) groups is 1. The number of benzene rings is 1. The first kappa shape index (κ1) is 16.6. The van der Waals surface area contributed by atoms with Crippen LogP contribution in [0.4, 0.5) is 10.5 Å². The second-order valence-electron chi connectivity index (χ2n) is 6.87. The van der Waals surface area contributed by atoms with Crippen LogP contribution in [0.25, 0.3) is 0 Å². The standard InChI is InChI=1S/C17H26N2O3/c1-16(2,3)22-15(20)19-13-7-6-12(10-14(13)21-5)11-17(18-4)8-9-17/h6-7,10,18H,8-9,11H2,1-5H3,(H,19,20). The quantitative estimate of drug-likeness (QED) is 0.876. The van der Waals surface area contributed by atoms with Crippen molar-refractivity contribution in [2.24, 2.45) is 0 Å². The van der Waals surface area contributed by atoms with Crippen LogP contribution in [0.5, 0.6) is 5.75 Å². The fourth-order valence-electron chi connectivity index (χ4n) is 2.42. The first-order valence-corrected chi connectivity index (χ1v) is 7.63. The minimum absolute atomic E-state index is 0.241. The molecule has 1 aliphatic carbocycles. The summed E-state index contributed by atoms with van der Waals surface area (Å²) in [6.45, 7) is 5.50. The van der Waals surface area contributed by atoms with Crippen molar-refractivity contribution < 1.29 is 14.3 Å². The molecular formula is C17H26N2O3. The van der Waals surface area contributed by atoms with Crippen molar-refractivity contribution in [3.8, 4) is 5.75 Å². The number of carbonyl (C=O) groups excluding carboxylic acids is 1. The van der Waals surface area contributed by atoms with E-state index in [0.29, 0.717) is 11.4 Å². The van der Waals surface area contributed by atoms with Crippen molar-refractivity contribution >= 4 is 11.8 Å². The second kappa shape index (κ2) is 6.16. The van der Waals surface area contributed by atoms with Gasteiger partial charge in [-0.05, 0) is 64.8 Å². The summed E-state index contributed by atoms with van der Waals surface area (Å²) in [5.41, 5.74) is 1.53. The van der Waals surface area contributed by atoms with Crippen molar-refractivity contribution in [1.29, 1.82) is 0 Å². The van der Waals surface area contributed by atoms with Gasteiger partial charge in [0.05, 0.1) is 12.8 Å². The van der Waals surface area contributed by atoms with Crippen LogP contribution in [0.1, 0.15) is 39.2 Å². The maximum absolute atomic E-state index is 11.9. The lowest BCUT2D eigenvalue weighted by Crippen LogP contribution is -2.29. The fourth-order valence-corrected chi connectivity index (χ4v) is 2.42. The van der Waals surface area contributed by atoms with E-state index in [1.807, 2.05) is 46.0 Å². The molecule has 1 aromatic carbocycles. The molecule has 1 fully saturated rings. The number of anilines is 1. The van der Waals surface area contributed by atoms with Crippen LogP contribution < -0.4 is 15.4 Å². The van der Waals surface area contributed by atoms with Gasteiger partial charge >= 0.3 is 6.09 Å². The Bertz CT molecular complexity index is 545. The van der Waals surface area contributed by atoms with E-state index in [9.17, 15) is 4.79 Å². The first-order chi connectivity index (χ1) is 10.3. The van der Waals surface area contributed by atoms with Gasteiger partial charge in [0, 0.05) is 5.54 Å². The van der Waals surface area contributed by atoms with Gasteiger partial charge in [0.1, 0.15) is 11.4 Å². The predicted molar refractivity (Wildman–Crippen MR) is 87.6 cm³/mol. The van der Waals surface area contributed by atoms with Crippen LogP contribution >= 0.6 is 0 Å². The first-order valence-electron chi connectivity index (χ1n) is 7.63. The topological polar surface area (TPSA) is 59.6 Å². The molecule has 22 heavy (non-hydrogen) atoms. The molecule has 122 valence electrons. The highest BCUT2D eigenvalue weighted by Crippen LogP contribution is 2.39. The highest BCUT2D eigenvalue weighted by molar-refractivity contribution is 5.87. The summed E-state index contributed by atoms with van der Waals surface area (Å²) in [5.74, 6) is 0.648. The minimum Gasteiger partial charge on any atom is -0.495 e. The maximum Gasteiger partial charge on any atom is 0.412 e. The third-order valence-corrected chi connectivity index (χ3v) is 3.83. The van der Waals surface area contributed by atoms with E-state index in [4.69, 9.17) is 9.47 Å². The van der Waals surface area contributed by atoms with Gasteiger partial charge in [0.2, 0.25) is 0 Å². The van der Waals surface area contributed by atoms with Crippen LogP contribution in [0.15, 0.2) is 18.2 Å². The summed E-state index contributed by atoms with van der Waals surface area (Å²) < 4.78 is 10.7. The van der Waals surface area contributed by atoms with E-state index in [2.05, 4.69) is 10.6 Å². The van der Waals surface area contributed by atoms with Crippen LogP contribution in [0, 0.1) is 0 Å². The summed E-state index contributed by atoms with van der Waals surface area (Å²) in [7, 11) is 3.60. The number of amides is 1. The molecule has 0 spiro atoms. The van der Waals surface area contributed by atoms with Crippen molar-refractivity contribution in [2.75, 3.05) is 19.5 Å². The molecular weight excluding hydrogens is 280 g/mol. The Morgan fingerprint density at radius 2 is 2.00 bits per heavy atom. The third-order valence-electron chi connectivity index (χ3n) is 3.83. The van der Waals surface area contributed by atoms with Crippen LogP contribution in [0.2, 0.25) is 0 Å². The van der Waals surface area contributed by atoms with Crippen LogP contribution in [-0.2, 0) is 11.2 Å². The number of methoxy groups -OCH3 is 1. The van der Waals surface area contributed by atoms with Gasteiger partial charge in [-0.25, -0.2) is 4.79 Å². The van der Waals surface area contributed by atoms with E-state index in [1.54, 1.807) is 7.11 Å². The largest absolute Gasteiger partial charge is 0.495 e. The monoisotopic (exact) mass is 306 g/mol. The molecule has 0 heterocycles. The molecule has 1 aromatic rings. The van der Waals surface area contributed by atoms with Gasteiger partial charge < -0.3 is 14.8 Å². The van der Waals surface area contributed by atoms with Crippen LogP contribution in [0.3, 0.4) is 0 Å². The predicted octanol–water partition coefficient (Wildman–Crippen LogP) is 3.34. The lowest BCUT2D eigenvalue weighted by Gasteiger charge is -2.21. The van der Waals surface area contributed by atoms with Gasteiger partial charge in [-0.1, -0.05) is 6.07 Å². The van der Waals surface area contributed by atoms with Gasteiger partial charge in [0.15, 0.2) is 0 Å². The average molecular weight is 306 g/mol. The number of likely N-dealkylation sites (N-methyl/N-ethyl adjacent to an activating group) is 1. The molecule has 5 nitrogen and oxygen atoms in total. The third kappa shape index (κ3) is 4.37. The number of hydrogen-bond acceptors (Lipinski definition) is 4. The molecule has 0 atom stereocenters. The summed E-state index contributed by atoms with van der Waals surface area (Å²) in [6.07, 6.45) is 2.88. The molecule has 0 aromatic heterocycles. The zero-order valence-electron chi connectivity index (χ0n) is 14.1. The van der Waals surface area contributed by atoms with Gasteiger partial charge in [-0.2, -0.15) is 0 Å². The molecule has 0 bridgehead atoms. The zero-order valence-corrected chi connectivity index (χ0v) is 14.1. The van der Waals surface area contributed by atoms with E-state index in [-0.39, 0.29) is 5.54 Å². The van der Waals surface area contributed by atoms with E-state index >= 15 is 0 Å². The second-order valence-corrected chi connectivity index (χ2v) is 6.87. The maximum atomic E-state index is 11.9. The van der Waals surface area contributed by atoms with Crippen molar-refractivity contribution in [3.05, 3.63) is 23.8 Å². The Morgan fingerprint density at radius 1 is 1.32 bits per heavy atom. The molecule has 0 saturated heterocycles. The fraction of sp³-hybridized carbons (Fsp3) is 0.588. The van der Waals surface area contributed by atoms with Crippen molar-refractivity contribution in [2.45, 2.75) is 51.2 Å². The molecule has 0 unspecified atom stereocenters. The lowest BCUT2D eigenvalue weighted by atomic mass is 10.0. The number of ether oxygens (including phenoxy) is 2. The molecule has 2 N–H and O–H groups in total. The van der Waals surface area contributed by atoms with E-state index in [0.717, 1.165) is 6.42 Å². The Labute approximate surface area is 132 Å². The summed E-state index contributed by atoms with van der Waals surface area (Å²) in [4.78, 5) is 11.9. The Hall–Kier alpha value is -1.75. The highest BCUT2D eigenvalue weighted by atomic mass is 16.6. The molecule has 1 amide bonds. The highest BCUT2D eigenvalue weighted by Gasteiger charge is 2.40. The summed E-state index contributed by atoms with van der Waals surface area (Å²) in [6, 6.07) is 5.86. The molecule has 0 aliphatic heterocycles. The zero-order chi connectivity index (χ0) is 16.4. The molecule has 1 saturated carbocycles. The molecule has 1 aliphatic rings. The molecule has 0 radical (unpaired) electrons. The number of hydrogen-bond donors (Lipinski definition) is 2. The number of rotatable bonds is 5. The molecule has 2 rings (SSSR count). The molecule has 5 heteroatoms. The lowest BCUT2D eigenvalue weighted by molar-refractivity contribution is 0.0635. The average Bonchev–Trinajstić information content (AvgIpc) is 3.18. The minimum atomic E-state index is -0.525. The Balaban J connectivity index is 2.07. The smallest absolute Gasteiger partial charge is 0.412 e. The SMILES string of the molecule is CNC1(Cc2ccc(NC(=O)OC(C)(C)C)c(OC)c2)CC1. The van der Waals surface area contributed by atoms with E-state index < -0.39 is 11.7 Å².